The SMILES string of the molecule is COc1ccccc1NCC(=O)NN=C(C)c1cccc(Br)c1. The molecule has 0 spiro atoms. The van der Waals surface area contributed by atoms with Crippen molar-refractivity contribution in [3.8, 4) is 5.75 Å². The number of ether oxygens (including phenoxy) is 1. The predicted molar refractivity (Wildman–Crippen MR) is 96.0 cm³/mol. The standard InChI is InChI=1S/C17H18BrN3O2/c1-12(13-6-5-7-14(18)10-13)20-21-17(22)11-19-15-8-3-4-9-16(15)23-2/h3-10,19H,11H2,1-2H3,(H,21,22). The Morgan fingerprint density at radius 3 is 2.74 bits per heavy atom. The van der Waals surface area contributed by atoms with Gasteiger partial charge in [-0.2, -0.15) is 5.10 Å². The van der Waals surface area contributed by atoms with Crippen LogP contribution in [0.2, 0.25) is 0 Å². The molecule has 1 amide bonds. The number of nitrogens with zero attached hydrogens (tertiary/aromatic N) is 1. The summed E-state index contributed by atoms with van der Waals surface area (Å²) in [6.07, 6.45) is 0. The van der Waals surface area contributed by atoms with Gasteiger partial charge in [0.15, 0.2) is 0 Å². The second-order valence-corrected chi connectivity index (χ2v) is 5.71. The van der Waals surface area contributed by atoms with Crippen molar-refractivity contribution in [1.29, 1.82) is 0 Å². The lowest BCUT2D eigenvalue weighted by Gasteiger charge is -2.10. The number of methoxy groups -OCH3 is 1. The number of hydrogen-bond donors (Lipinski definition) is 2. The van der Waals surface area contributed by atoms with Gasteiger partial charge in [-0.3, -0.25) is 4.79 Å². The van der Waals surface area contributed by atoms with E-state index in [2.05, 4.69) is 31.8 Å². The van der Waals surface area contributed by atoms with Crippen LogP contribution in [-0.4, -0.2) is 25.3 Å². The van der Waals surface area contributed by atoms with Gasteiger partial charge in [0.05, 0.1) is 25.1 Å². The lowest BCUT2D eigenvalue weighted by molar-refractivity contribution is -0.119. The average molecular weight is 376 g/mol. The van der Waals surface area contributed by atoms with Gasteiger partial charge in [-0.25, -0.2) is 5.43 Å². The molecule has 0 aliphatic heterocycles. The fourth-order valence-corrected chi connectivity index (χ4v) is 2.33. The number of para-hydroxylation sites is 2. The van der Waals surface area contributed by atoms with Crippen LogP contribution in [0.5, 0.6) is 5.75 Å². The van der Waals surface area contributed by atoms with Crippen molar-refractivity contribution in [1.82, 2.24) is 5.43 Å². The van der Waals surface area contributed by atoms with E-state index in [1.165, 1.54) is 0 Å². The van der Waals surface area contributed by atoms with E-state index in [4.69, 9.17) is 4.74 Å². The lowest BCUT2D eigenvalue weighted by Crippen LogP contribution is -2.26. The van der Waals surface area contributed by atoms with Crippen LogP contribution in [-0.2, 0) is 4.79 Å². The van der Waals surface area contributed by atoms with Crippen LogP contribution < -0.4 is 15.5 Å². The number of hydrogen-bond acceptors (Lipinski definition) is 4. The van der Waals surface area contributed by atoms with Crippen LogP contribution in [0.3, 0.4) is 0 Å². The maximum atomic E-state index is 11.9. The van der Waals surface area contributed by atoms with E-state index in [1.807, 2.05) is 55.5 Å². The minimum Gasteiger partial charge on any atom is -0.495 e. The van der Waals surface area contributed by atoms with E-state index < -0.39 is 0 Å². The first kappa shape index (κ1) is 17.0. The quantitative estimate of drug-likeness (QED) is 0.600. The third-order valence-electron chi connectivity index (χ3n) is 3.14. The van der Waals surface area contributed by atoms with E-state index in [0.717, 1.165) is 21.4 Å². The summed E-state index contributed by atoms with van der Waals surface area (Å²) < 4.78 is 6.19. The van der Waals surface area contributed by atoms with E-state index in [9.17, 15) is 4.79 Å². The summed E-state index contributed by atoms with van der Waals surface area (Å²) in [7, 11) is 1.59. The highest BCUT2D eigenvalue weighted by molar-refractivity contribution is 9.10. The topological polar surface area (TPSA) is 62.7 Å². The molecule has 0 saturated heterocycles. The minimum absolute atomic E-state index is 0.107. The summed E-state index contributed by atoms with van der Waals surface area (Å²) >= 11 is 3.41. The number of carbonyl (C=O) groups is 1. The van der Waals surface area contributed by atoms with Crippen molar-refractivity contribution in [2.45, 2.75) is 6.92 Å². The van der Waals surface area contributed by atoms with Gasteiger partial charge in [0.2, 0.25) is 0 Å². The monoisotopic (exact) mass is 375 g/mol. The Morgan fingerprint density at radius 2 is 2.00 bits per heavy atom. The summed E-state index contributed by atoms with van der Waals surface area (Å²) in [5.74, 6) is 0.458. The van der Waals surface area contributed by atoms with E-state index in [1.54, 1.807) is 7.11 Å². The molecule has 120 valence electrons. The van der Waals surface area contributed by atoms with Crippen molar-refractivity contribution < 1.29 is 9.53 Å². The van der Waals surface area contributed by atoms with Gasteiger partial charge in [-0.1, -0.05) is 40.2 Å². The summed E-state index contributed by atoms with van der Waals surface area (Å²) in [5, 5.41) is 7.14. The average Bonchev–Trinajstić information content (AvgIpc) is 2.58. The Bertz CT molecular complexity index is 716. The highest BCUT2D eigenvalue weighted by Gasteiger charge is 2.05. The molecule has 0 aliphatic rings. The smallest absolute Gasteiger partial charge is 0.259 e. The zero-order valence-electron chi connectivity index (χ0n) is 13.0. The molecule has 0 aliphatic carbocycles. The molecule has 0 aromatic heterocycles. The van der Waals surface area contributed by atoms with Crippen LogP contribution in [0.25, 0.3) is 0 Å². The molecule has 0 unspecified atom stereocenters. The number of hydrazone groups is 1. The van der Waals surface area contributed by atoms with Gasteiger partial charge >= 0.3 is 0 Å². The summed E-state index contributed by atoms with van der Waals surface area (Å²) in [5.41, 5.74) is 4.98. The molecule has 23 heavy (non-hydrogen) atoms. The number of halogens is 1. The summed E-state index contributed by atoms with van der Waals surface area (Å²) in [6, 6.07) is 15.2. The number of rotatable bonds is 6. The Labute approximate surface area is 143 Å². The molecule has 0 fully saturated rings. The first-order chi connectivity index (χ1) is 11.1. The number of nitrogens with one attached hydrogen (secondary N) is 2. The zero-order chi connectivity index (χ0) is 16.7. The minimum atomic E-state index is -0.231. The third-order valence-corrected chi connectivity index (χ3v) is 3.63. The third kappa shape index (κ3) is 5.10. The van der Waals surface area contributed by atoms with Crippen molar-refractivity contribution in [2.75, 3.05) is 19.0 Å². The number of benzene rings is 2. The highest BCUT2D eigenvalue weighted by atomic mass is 79.9. The molecule has 0 heterocycles. The van der Waals surface area contributed by atoms with Gasteiger partial charge in [0, 0.05) is 4.47 Å². The van der Waals surface area contributed by atoms with E-state index >= 15 is 0 Å². The second-order valence-electron chi connectivity index (χ2n) is 4.80. The van der Waals surface area contributed by atoms with Gasteiger partial charge in [0.1, 0.15) is 5.75 Å². The fourth-order valence-electron chi connectivity index (χ4n) is 1.93. The van der Waals surface area contributed by atoms with Crippen molar-refractivity contribution in [2.24, 2.45) is 5.10 Å². The Morgan fingerprint density at radius 1 is 1.22 bits per heavy atom. The zero-order valence-corrected chi connectivity index (χ0v) is 14.6. The number of amides is 1. The first-order valence-corrected chi connectivity index (χ1v) is 7.85. The second kappa shape index (κ2) is 8.33. The molecule has 5 nitrogen and oxygen atoms in total. The van der Waals surface area contributed by atoms with Crippen LogP contribution in [0, 0.1) is 0 Å². The number of anilines is 1. The molecule has 2 N–H and O–H groups in total. The molecule has 2 aromatic rings. The fraction of sp³-hybridized carbons (Fsp3) is 0.176. The van der Waals surface area contributed by atoms with E-state index in [-0.39, 0.29) is 12.5 Å². The Balaban J connectivity index is 1.91. The maximum absolute atomic E-state index is 11.9. The van der Waals surface area contributed by atoms with Gasteiger partial charge in [-0.15, -0.1) is 0 Å². The van der Waals surface area contributed by atoms with Crippen molar-refractivity contribution in [3.05, 3.63) is 58.6 Å². The van der Waals surface area contributed by atoms with Crippen LogP contribution in [0.4, 0.5) is 5.69 Å². The van der Waals surface area contributed by atoms with Gasteiger partial charge < -0.3 is 10.1 Å². The number of carbonyl (C=O) groups excluding carboxylic acids is 1. The van der Waals surface area contributed by atoms with Crippen LogP contribution >= 0.6 is 15.9 Å². The molecular formula is C17H18BrN3O2. The largest absolute Gasteiger partial charge is 0.495 e. The van der Waals surface area contributed by atoms with Gasteiger partial charge in [-0.05, 0) is 36.8 Å². The molecule has 2 rings (SSSR count). The molecule has 0 radical (unpaired) electrons. The van der Waals surface area contributed by atoms with Crippen LogP contribution in [0.1, 0.15) is 12.5 Å². The predicted octanol–water partition coefficient (Wildman–Crippen LogP) is 3.41. The molecule has 2 aromatic carbocycles. The molecule has 0 bridgehead atoms. The Hall–Kier alpha value is -2.34. The summed E-state index contributed by atoms with van der Waals surface area (Å²) in [4.78, 5) is 11.9. The molecule has 6 heteroatoms. The lowest BCUT2D eigenvalue weighted by atomic mass is 10.1. The molecule has 0 atom stereocenters. The van der Waals surface area contributed by atoms with E-state index in [0.29, 0.717) is 5.75 Å². The normalized spacial score (nSPS) is 11.0. The van der Waals surface area contributed by atoms with Crippen molar-refractivity contribution in [3.63, 3.8) is 0 Å². The van der Waals surface area contributed by atoms with Crippen LogP contribution in [0.15, 0.2) is 58.1 Å². The maximum Gasteiger partial charge on any atom is 0.259 e. The molecule has 0 saturated carbocycles. The first-order valence-electron chi connectivity index (χ1n) is 7.06. The Kier molecular flexibility index (Phi) is 6.17. The highest BCUT2D eigenvalue weighted by Crippen LogP contribution is 2.22. The van der Waals surface area contributed by atoms with Gasteiger partial charge in [0.25, 0.3) is 5.91 Å². The van der Waals surface area contributed by atoms with Crippen molar-refractivity contribution >= 4 is 33.2 Å². The summed E-state index contributed by atoms with van der Waals surface area (Å²) in [6.45, 7) is 1.95. The molecular weight excluding hydrogens is 358 g/mol.